The van der Waals surface area contributed by atoms with Gasteiger partial charge in [-0.25, -0.2) is 4.98 Å². The SMILES string of the molecule is CNc1cccc(-c2nc3cc(C(N)=O)ccc3c3cnccc23)c1. The molecule has 0 bridgehead atoms. The topological polar surface area (TPSA) is 80.9 Å². The van der Waals surface area contributed by atoms with Crippen LogP contribution in [0.3, 0.4) is 0 Å². The van der Waals surface area contributed by atoms with Crippen LogP contribution < -0.4 is 11.1 Å². The maximum Gasteiger partial charge on any atom is 0.248 e. The van der Waals surface area contributed by atoms with Gasteiger partial charge in [0.1, 0.15) is 0 Å². The van der Waals surface area contributed by atoms with Crippen LogP contribution in [0, 0.1) is 0 Å². The summed E-state index contributed by atoms with van der Waals surface area (Å²) in [7, 11) is 1.88. The van der Waals surface area contributed by atoms with E-state index in [4.69, 9.17) is 10.7 Å². The van der Waals surface area contributed by atoms with Gasteiger partial charge in [-0.2, -0.15) is 0 Å². The van der Waals surface area contributed by atoms with Gasteiger partial charge in [-0.15, -0.1) is 0 Å². The van der Waals surface area contributed by atoms with Crippen molar-refractivity contribution < 1.29 is 4.79 Å². The number of carbonyl (C=O) groups excluding carboxylic acids is 1. The van der Waals surface area contributed by atoms with Gasteiger partial charge in [0, 0.05) is 52.4 Å². The van der Waals surface area contributed by atoms with Crippen molar-refractivity contribution >= 4 is 33.3 Å². The third-order valence-corrected chi connectivity index (χ3v) is 4.31. The molecule has 2 aromatic carbocycles. The number of anilines is 1. The molecule has 2 heterocycles. The van der Waals surface area contributed by atoms with E-state index < -0.39 is 5.91 Å². The number of aromatic nitrogens is 2. The molecule has 2 aromatic heterocycles. The van der Waals surface area contributed by atoms with Crippen molar-refractivity contribution in [3.05, 3.63) is 66.5 Å². The van der Waals surface area contributed by atoms with E-state index in [-0.39, 0.29) is 0 Å². The molecule has 0 atom stereocenters. The van der Waals surface area contributed by atoms with E-state index in [1.165, 1.54) is 0 Å². The number of hydrogen-bond acceptors (Lipinski definition) is 4. The molecule has 0 saturated carbocycles. The second-order valence-corrected chi connectivity index (χ2v) is 5.81. The molecule has 0 aliphatic rings. The summed E-state index contributed by atoms with van der Waals surface area (Å²) in [6.07, 6.45) is 3.59. The van der Waals surface area contributed by atoms with Gasteiger partial charge in [0.25, 0.3) is 0 Å². The lowest BCUT2D eigenvalue weighted by molar-refractivity contribution is 0.100. The zero-order valence-corrected chi connectivity index (χ0v) is 13.7. The van der Waals surface area contributed by atoms with E-state index in [0.29, 0.717) is 5.56 Å². The fourth-order valence-electron chi connectivity index (χ4n) is 3.04. The molecule has 0 radical (unpaired) electrons. The number of rotatable bonds is 3. The Balaban J connectivity index is 2.08. The summed E-state index contributed by atoms with van der Waals surface area (Å²) in [4.78, 5) is 20.6. The predicted octanol–water partition coefficient (Wildman–Crippen LogP) is 3.59. The molecule has 0 saturated heterocycles. The zero-order valence-electron chi connectivity index (χ0n) is 13.7. The highest BCUT2D eigenvalue weighted by molar-refractivity contribution is 6.11. The lowest BCUT2D eigenvalue weighted by atomic mass is 10.0. The molecular formula is C20H16N4O. The molecule has 1 amide bonds. The van der Waals surface area contributed by atoms with Crippen LogP contribution in [0.15, 0.2) is 60.9 Å². The van der Waals surface area contributed by atoms with Crippen molar-refractivity contribution in [1.82, 2.24) is 9.97 Å². The zero-order chi connectivity index (χ0) is 17.4. The molecule has 0 aliphatic heterocycles. The number of nitrogens with zero attached hydrogens (tertiary/aromatic N) is 2. The average molecular weight is 328 g/mol. The van der Waals surface area contributed by atoms with Gasteiger partial charge in [-0.3, -0.25) is 9.78 Å². The summed E-state index contributed by atoms with van der Waals surface area (Å²) in [5.41, 5.74) is 9.44. The van der Waals surface area contributed by atoms with Gasteiger partial charge in [0.05, 0.1) is 11.2 Å². The van der Waals surface area contributed by atoms with E-state index in [1.807, 2.05) is 49.6 Å². The third-order valence-electron chi connectivity index (χ3n) is 4.31. The molecule has 122 valence electrons. The van der Waals surface area contributed by atoms with Crippen molar-refractivity contribution in [3.8, 4) is 11.3 Å². The first-order valence-corrected chi connectivity index (χ1v) is 7.93. The van der Waals surface area contributed by atoms with E-state index >= 15 is 0 Å². The fraction of sp³-hybridized carbons (Fsp3) is 0.0500. The number of fused-ring (bicyclic) bond motifs is 3. The molecule has 25 heavy (non-hydrogen) atoms. The van der Waals surface area contributed by atoms with Crippen LogP contribution in [0.1, 0.15) is 10.4 Å². The van der Waals surface area contributed by atoms with Crippen molar-refractivity contribution in [3.63, 3.8) is 0 Å². The van der Waals surface area contributed by atoms with E-state index in [9.17, 15) is 4.79 Å². The minimum absolute atomic E-state index is 0.443. The Morgan fingerprint density at radius 1 is 1.04 bits per heavy atom. The van der Waals surface area contributed by atoms with Gasteiger partial charge >= 0.3 is 0 Å². The Morgan fingerprint density at radius 2 is 1.92 bits per heavy atom. The Bertz CT molecular complexity index is 1120. The highest BCUT2D eigenvalue weighted by Crippen LogP contribution is 2.33. The molecule has 0 aliphatic carbocycles. The Kier molecular flexibility index (Phi) is 3.54. The lowest BCUT2D eigenvalue weighted by Crippen LogP contribution is -2.10. The summed E-state index contributed by atoms with van der Waals surface area (Å²) in [5, 5.41) is 6.10. The smallest absolute Gasteiger partial charge is 0.248 e. The van der Waals surface area contributed by atoms with E-state index in [0.717, 1.165) is 38.6 Å². The molecule has 0 spiro atoms. The van der Waals surface area contributed by atoms with Gasteiger partial charge in [-0.05, 0) is 30.3 Å². The van der Waals surface area contributed by atoms with E-state index in [2.05, 4.69) is 10.3 Å². The van der Waals surface area contributed by atoms with Gasteiger partial charge in [-0.1, -0.05) is 18.2 Å². The normalized spacial score (nSPS) is 10.9. The van der Waals surface area contributed by atoms with Crippen LogP contribution in [0.2, 0.25) is 0 Å². The third kappa shape index (κ3) is 2.55. The summed E-state index contributed by atoms with van der Waals surface area (Å²) in [6.45, 7) is 0. The maximum atomic E-state index is 11.5. The van der Waals surface area contributed by atoms with Crippen molar-refractivity contribution in [2.45, 2.75) is 0 Å². The quantitative estimate of drug-likeness (QED) is 0.563. The van der Waals surface area contributed by atoms with Crippen LogP contribution in [0.4, 0.5) is 5.69 Å². The molecule has 0 fully saturated rings. The number of amides is 1. The number of nitrogens with two attached hydrogens (primary N) is 1. The fourth-order valence-corrected chi connectivity index (χ4v) is 3.04. The number of carbonyl (C=O) groups is 1. The van der Waals surface area contributed by atoms with Gasteiger partial charge in [0.2, 0.25) is 5.91 Å². The first kappa shape index (κ1) is 15.1. The Hall–Kier alpha value is -3.47. The van der Waals surface area contributed by atoms with Crippen molar-refractivity contribution in [2.75, 3.05) is 12.4 Å². The van der Waals surface area contributed by atoms with Gasteiger partial charge in [0.15, 0.2) is 0 Å². The molecule has 5 nitrogen and oxygen atoms in total. The Labute approximate surface area is 144 Å². The molecule has 0 unspecified atom stereocenters. The molecule has 4 aromatic rings. The summed E-state index contributed by atoms with van der Waals surface area (Å²) in [6, 6.07) is 15.3. The number of hydrogen-bond donors (Lipinski definition) is 2. The van der Waals surface area contributed by atoms with Crippen LogP contribution in [-0.2, 0) is 0 Å². The highest BCUT2D eigenvalue weighted by atomic mass is 16.1. The second-order valence-electron chi connectivity index (χ2n) is 5.81. The van der Waals surface area contributed by atoms with E-state index in [1.54, 1.807) is 18.3 Å². The van der Waals surface area contributed by atoms with Crippen molar-refractivity contribution in [2.24, 2.45) is 5.73 Å². The molecule has 4 rings (SSSR count). The lowest BCUT2D eigenvalue weighted by Gasteiger charge is -2.11. The minimum Gasteiger partial charge on any atom is -0.388 e. The summed E-state index contributed by atoms with van der Waals surface area (Å²) in [5.74, 6) is -0.464. The Morgan fingerprint density at radius 3 is 2.72 bits per heavy atom. The predicted molar refractivity (Wildman–Crippen MR) is 101 cm³/mol. The van der Waals surface area contributed by atoms with Crippen LogP contribution >= 0.6 is 0 Å². The van der Waals surface area contributed by atoms with Crippen LogP contribution in [0.5, 0.6) is 0 Å². The number of pyridine rings is 2. The van der Waals surface area contributed by atoms with Crippen molar-refractivity contribution in [1.29, 1.82) is 0 Å². The minimum atomic E-state index is -0.464. The first-order chi connectivity index (χ1) is 12.2. The molecule has 5 heteroatoms. The van der Waals surface area contributed by atoms with Crippen LogP contribution in [-0.4, -0.2) is 22.9 Å². The second kappa shape index (κ2) is 5.87. The standard InChI is InChI=1S/C20H16N4O/c1-22-14-4-2-3-12(9-14)19-16-7-8-23-11-17(16)15-6-5-13(20(21)25)10-18(15)24-19/h2-11,22H,1H3,(H2,21,25). The number of nitrogens with one attached hydrogen (secondary N) is 1. The number of benzene rings is 2. The highest BCUT2D eigenvalue weighted by Gasteiger charge is 2.12. The largest absolute Gasteiger partial charge is 0.388 e. The maximum absolute atomic E-state index is 11.5. The summed E-state index contributed by atoms with van der Waals surface area (Å²) < 4.78 is 0. The monoisotopic (exact) mass is 328 g/mol. The summed E-state index contributed by atoms with van der Waals surface area (Å²) >= 11 is 0. The molecular weight excluding hydrogens is 312 g/mol. The van der Waals surface area contributed by atoms with Crippen LogP contribution in [0.25, 0.3) is 32.9 Å². The van der Waals surface area contributed by atoms with Gasteiger partial charge < -0.3 is 11.1 Å². The molecule has 3 N–H and O–H groups in total. The number of primary amides is 1. The first-order valence-electron chi connectivity index (χ1n) is 7.93. The average Bonchev–Trinajstić information content (AvgIpc) is 2.66.